The van der Waals surface area contributed by atoms with Gasteiger partial charge in [0.25, 0.3) is 0 Å². The number of benzene rings is 1. The van der Waals surface area contributed by atoms with Crippen molar-refractivity contribution in [3.05, 3.63) is 34.3 Å². The third-order valence-corrected chi connectivity index (χ3v) is 4.41. The first kappa shape index (κ1) is 20.2. The van der Waals surface area contributed by atoms with Crippen molar-refractivity contribution in [2.45, 2.75) is 32.2 Å². The van der Waals surface area contributed by atoms with E-state index in [-0.39, 0.29) is 24.8 Å². The summed E-state index contributed by atoms with van der Waals surface area (Å²) in [6.07, 6.45) is 3.84. The summed E-state index contributed by atoms with van der Waals surface area (Å²) in [4.78, 5) is 2.63. The summed E-state index contributed by atoms with van der Waals surface area (Å²) in [6, 6.07) is 9.26. The van der Waals surface area contributed by atoms with Gasteiger partial charge in [0.1, 0.15) is 0 Å². The van der Waals surface area contributed by atoms with Gasteiger partial charge >= 0.3 is 0 Å². The van der Waals surface area contributed by atoms with Gasteiger partial charge in [-0.05, 0) is 18.1 Å². The molecule has 2 rings (SSSR count). The first-order valence-electron chi connectivity index (χ1n) is 7.02. The molecule has 1 aromatic rings. The molecule has 5 heteroatoms. The summed E-state index contributed by atoms with van der Waals surface area (Å²) in [5.41, 5.74) is 1.45. The molecule has 0 saturated carbocycles. The Morgan fingerprint density at radius 2 is 1.85 bits per heavy atom. The van der Waals surface area contributed by atoms with Gasteiger partial charge in [-0.15, -0.1) is 24.8 Å². The lowest BCUT2D eigenvalue weighted by atomic mass is 9.99. The zero-order valence-corrected chi connectivity index (χ0v) is 15.2. The molecule has 1 atom stereocenters. The summed E-state index contributed by atoms with van der Waals surface area (Å²) < 4.78 is 1.25. The van der Waals surface area contributed by atoms with E-state index < -0.39 is 0 Å². The van der Waals surface area contributed by atoms with Crippen LogP contribution in [-0.2, 0) is 0 Å². The molecule has 116 valence electrons. The Balaban J connectivity index is 0.00000180. The van der Waals surface area contributed by atoms with E-state index >= 15 is 0 Å². The van der Waals surface area contributed by atoms with E-state index in [1.165, 1.54) is 29.3 Å². The number of piperazine rings is 1. The van der Waals surface area contributed by atoms with Crippen molar-refractivity contribution < 1.29 is 0 Å². The van der Waals surface area contributed by atoms with Gasteiger partial charge in [-0.1, -0.05) is 53.9 Å². The molecule has 0 amide bonds. The van der Waals surface area contributed by atoms with Crippen molar-refractivity contribution in [2.24, 2.45) is 0 Å². The number of hydrogen-bond acceptors (Lipinski definition) is 2. The van der Waals surface area contributed by atoms with E-state index in [0.29, 0.717) is 6.04 Å². The highest BCUT2D eigenvalue weighted by Gasteiger charge is 2.22. The number of nitrogens with zero attached hydrogens (tertiary/aromatic N) is 1. The Morgan fingerprint density at radius 3 is 2.45 bits per heavy atom. The predicted molar refractivity (Wildman–Crippen MR) is 95.3 cm³/mol. The largest absolute Gasteiger partial charge is 0.314 e. The normalized spacial score (nSPS) is 16.9. The van der Waals surface area contributed by atoms with Gasteiger partial charge in [0.15, 0.2) is 0 Å². The quantitative estimate of drug-likeness (QED) is 0.808. The second-order valence-electron chi connectivity index (χ2n) is 4.97. The molecule has 0 spiro atoms. The molecule has 1 aliphatic heterocycles. The Labute approximate surface area is 143 Å². The van der Waals surface area contributed by atoms with Gasteiger partial charge in [-0.2, -0.15) is 0 Å². The highest BCUT2D eigenvalue weighted by atomic mass is 79.9. The number of hydrogen-bond donors (Lipinski definition) is 1. The lowest BCUT2D eigenvalue weighted by Gasteiger charge is -2.35. The number of rotatable bonds is 5. The Morgan fingerprint density at radius 1 is 1.20 bits per heavy atom. The summed E-state index contributed by atoms with van der Waals surface area (Å²) in [5, 5.41) is 3.44. The Hall–Kier alpha value is 0.200. The molecular formula is C15H25BrCl2N2. The smallest absolute Gasteiger partial charge is 0.0360 e. The van der Waals surface area contributed by atoms with Crippen LogP contribution in [0.3, 0.4) is 0 Å². The molecule has 1 aliphatic rings. The van der Waals surface area contributed by atoms with Crippen LogP contribution in [0, 0.1) is 0 Å². The SMILES string of the molecule is CCCC[C@@H](c1ccccc1Br)N1CCNCC1.Cl.Cl. The first-order valence-corrected chi connectivity index (χ1v) is 7.81. The van der Waals surface area contributed by atoms with Crippen LogP contribution in [0.25, 0.3) is 0 Å². The Bertz CT molecular complexity index is 371. The van der Waals surface area contributed by atoms with E-state index in [1.54, 1.807) is 0 Å². The topological polar surface area (TPSA) is 15.3 Å². The van der Waals surface area contributed by atoms with Crippen LogP contribution in [-0.4, -0.2) is 31.1 Å². The third kappa shape index (κ3) is 5.53. The van der Waals surface area contributed by atoms with Crippen molar-refractivity contribution >= 4 is 40.7 Å². The summed E-state index contributed by atoms with van der Waals surface area (Å²) >= 11 is 3.71. The fourth-order valence-electron chi connectivity index (χ4n) is 2.67. The van der Waals surface area contributed by atoms with Gasteiger partial charge in [0, 0.05) is 36.7 Å². The molecule has 20 heavy (non-hydrogen) atoms. The van der Waals surface area contributed by atoms with Crippen LogP contribution in [0.1, 0.15) is 37.8 Å². The zero-order chi connectivity index (χ0) is 12.8. The Kier molecular flexibility index (Phi) is 11.0. The van der Waals surface area contributed by atoms with Crippen LogP contribution in [0.15, 0.2) is 28.7 Å². The predicted octanol–water partition coefficient (Wildman–Crippen LogP) is 4.43. The van der Waals surface area contributed by atoms with E-state index in [9.17, 15) is 0 Å². The van der Waals surface area contributed by atoms with Gasteiger partial charge in [-0.25, -0.2) is 0 Å². The molecule has 1 fully saturated rings. The summed E-state index contributed by atoms with van der Waals surface area (Å²) in [5.74, 6) is 0. The molecule has 0 radical (unpaired) electrons. The zero-order valence-electron chi connectivity index (χ0n) is 12.0. The van der Waals surface area contributed by atoms with Crippen LogP contribution in [0.4, 0.5) is 0 Å². The first-order chi connectivity index (χ1) is 8.83. The van der Waals surface area contributed by atoms with Gasteiger partial charge < -0.3 is 5.32 Å². The van der Waals surface area contributed by atoms with Crippen molar-refractivity contribution in [1.82, 2.24) is 10.2 Å². The molecule has 0 aliphatic carbocycles. The minimum atomic E-state index is 0. The molecule has 1 aromatic carbocycles. The lowest BCUT2D eigenvalue weighted by molar-refractivity contribution is 0.162. The minimum absolute atomic E-state index is 0. The van der Waals surface area contributed by atoms with Gasteiger partial charge in [0.05, 0.1) is 0 Å². The molecule has 1 saturated heterocycles. The van der Waals surface area contributed by atoms with Crippen LogP contribution in [0.5, 0.6) is 0 Å². The van der Waals surface area contributed by atoms with Crippen LogP contribution < -0.4 is 5.32 Å². The molecule has 0 unspecified atom stereocenters. The van der Waals surface area contributed by atoms with Gasteiger partial charge in [0.2, 0.25) is 0 Å². The minimum Gasteiger partial charge on any atom is -0.314 e. The van der Waals surface area contributed by atoms with E-state index in [2.05, 4.69) is 57.3 Å². The van der Waals surface area contributed by atoms with Crippen molar-refractivity contribution in [1.29, 1.82) is 0 Å². The number of halogens is 3. The molecule has 2 nitrogen and oxygen atoms in total. The summed E-state index contributed by atoms with van der Waals surface area (Å²) in [6.45, 7) is 6.83. The molecule has 1 N–H and O–H groups in total. The van der Waals surface area contributed by atoms with Crippen molar-refractivity contribution in [3.8, 4) is 0 Å². The maximum absolute atomic E-state index is 3.71. The highest BCUT2D eigenvalue weighted by Crippen LogP contribution is 2.31. The fraction of sp³-hybridized carbons (Fsp3) is 0.600. The molecular weight excluding hydrogens is 359 g/mol. The average molecular weight is 384 g/mol. The van der Waals surface area contributed by atoms with Crippen molar-refractivity contribution in [2.75, 3.05) is 26.2 Å². The van der Waals surface area contributed by atoms with E-state index in [4.69, 9.17) is 0 Å². The highest BCUT2D eigenvalue weighted by molar-refractivity contribution is 9.10. The molecule has 1 heterocycles. The molecule has 0 aromatic heterocycles. The van der Waals surface area contributed by atoms with Gasteiger partial charge in [-0.3, -0.25) is 4.90 Å². The number of unbranched alkanes of at least 4 members (excludes halogenated alkanes) is 1. The maximum Gasteiger partial charge on any atom is 0.0360 e. The third-order valence-electron chi connectivity index (χ3n) is 3.69. The van der Waals surface area contributed by atoms with Crippen LogP contribution in [0.2, 0.25) is 0 Å². The monoisotopic (exact) mass is 382 g/mol. The van der Waals surface area contributed by atoms with E-state index in [0.717, 1.165) is 26.2 Å². The average Bonchev–Trinajstić information content (AvgIpc) is 2.42. The second-order valence-corrected chi connectivity index (χ2v) is 5.82. The second kappa shape index (κ2) is 10.9. The van der Waals surface area contributed by atoms with E-state index in [1.807, 2.05) is 0 Å². The van der Waals surface area contributed by atoms with Crippen molar-refractivity contribution in [3.63, 3.8) is 0 Å². The standard InChI is InChI=1S/C15H23BrN2.2ClH/c1-2-3-8-15(18-11-9-17-10-12-18)13-6-4-5-7-14(13)16;;/h4-7,15,17H,2-3,8-12H2,1H3;2*1H/t15-;;/m0../s1. The number of nitrogens with one attached hydrogen (secondary N) is 1. The fourth-order valence-corrected chi connectivity index (χ4v) is 3.22. The van der Waals surface area contributed by atoms with Crippen LogP contribution >= 0.6 is 40.7 Å². The summed E-state index contributed by atoms with van der Waals surface area (Å²) in [7, 11) is 0. The molecule has 0 bridgehead atoms. The lowest BCUT2D eigenvalue weighted by Crippen LogP contribution is -2.45. The maximum atomic E-state index is 3.71.